The van der Waals surface area contributed by atoms with Gasteiger partial charge < -0.3 is 5.11 Å². The molecule has 0 aliphatic carbocycles. The monoisotopic (exact) mass is 474 g/mol. The molecule has 2 aromatic carbocycles. The summed E-state index contributed by atoms with van der Waals surface area (Å²) < 4.78 is 30.1. The van der Waals surface area contributed by atoms with Crippen LogP contribution in [0.2, 0.25) is 0 Å². The number of carbonyl (C=O) groups is 1. The van der Waals surface area contributed by atoms with Crippen LogP contribution in [0.25, 0.3) is 0 Å². The number of unbranched alkanes of at least 4 members (excludes halogenated alkanes) is 9. The lowest BCUT2D eigenvalue weighted by Gasteiger charge is -2.27. The zero-order valence-corrected chi connectivity index (χ0v) is 20.6. The SMILES string of the molecule is CCCCCCCCCCCCS(=O)(=O)OC[C@@](O)(C(=O)c1ccccc1)c1ccccc1. The van der Waals surface area contributed by atoms with Gasteiger partial charge in [0.25, 0.3) is 10.1 Å². The van der Waals surface area contributed by atoms with Gasteiger partial charge in [0.05, 0.1) is 5.75 Å². The third kappa shape index (κ3) is 9.40. The Hall–Kier alpha value is -2.02. The van der Waals surface area contributed by atoms with Crippen LogP contribution in [-0.2, 0) is 19.9 Å². The van der Waals surface area contributed by atoms with E-state index in [-0.39, 0.29) is 5.75 Å². The normalized spacial score (nSPS) is 13.5. The van der Waals surface area contributed by atoms with Gasteiger partial charge in [0.1, 0.15) is 6.61 Å². The molecule has 2 rings (SSSR count). The van der Waals surface area contributed by atoms with E-state index in [0.29, 0.717) is 17.5 Å². The predicted octanol–water partition coefficient (Wildman–Crippen LogP) is 6.02. The average Bonchev–Trinajstić information content (AvgIpc) is 2.84. The topological polar surface area (TPSA) is 80.7 Å². The Morgan fingerprint density at radius 3 is 1.82 bits per heavy atom. The summed E-state index contributed by atoms with van der Waals surface area (Å²) in [5, 5.41) is 11.3. The molecule has 182 valence electrons. The van der Waals surface area contributed by atoms with Crippen molar-refractivity contribution in [3.63, 3.8) is 0 Å². The number of aliphatic hydroxyl groups is 1. The van der Waals surface area contributed by atoms with Gasteiger partial charge in [-0.3, -0.25) is 8.98 Å². The number of benzene rings is 2. The van der Waals surface area contributed by atoms with Crippen LogP contribution in [0.15, 0.2) is 60.7 Å². The van der Waals surface area contributed by atoms with Crippen LogP contribution in [0.4, 0.5) is 0 Å². The highest BCUT2D eigenvalue weighted by atomic mass is 32.2. The Morgan fingerprint density at radius 2 is 1.27 bits per heavy atom. The van der Waals surface area contributed by atoms with Gasteiger partial charge in [0, 0.05) is 5.56 Å². The van der Waals surface area contributed by atoms with Gasteiger partial charge in [0.2, 0.25) is 5.78 Å². The Labute approximate surface area is 199 Å². The molecular weight excluding hydrogens is 436 g/mol. The van der Waals surface area contributed by atoms with Crippen molar-refractivity contribution in [2.24, 2.45) is 0 Å². The summed E-state index contributed by atoms with van der Waals surface area (Å²) in [6.45, 7) is 1.56. The smallest absolute Gasteiger partial charge is 0.267 e. The fourth-order valence-electron chi connectivity index (χ4n) is 3.82. The van der Waals surface area contributed by atoms with Crippen LogP contribution in [0.5, 0.6) is 0 Å². The zero-order valence-electron chi connectivity index (χ0n) is 19.7. The van der Waals surface area contributed by atoms with E-state index in [1.807, 2.05) is 0 Å². The van der Waals surface area contributed by atoms with Crippen molar-refractivity contribution in [2.75, 3.05) is 12.4 Å². The van der Waals surface area contributed by atoms with Crippen LogP contribution >= 0.6 is 0 Å². The summed E-state index contributed by atoms with van der Waals surface area (Å²) in [6.07, 6.45) is 11.0. The van der Waals surface area contributed by atoms with Crippen molar-refractivity contribution in [3.05, 3.63) is 71.8 Å². The summed E-state index contributed by atoms with van der Waals surface area (Å²) in [7, 11) is -3.86. The number of carbonyl (C=O) groups excluding carboxylic acids is 1. The van der Waals surface area contributed by atoms with Crippen LogP contribution in [-0.4, -0.2) is 31.7 Å². The first-order valence-electron chi connectivity index (χ1n) is 12.1. The van der Waals surface area contributed by atoms with Crippen molar-refractivity contribution < 1.29 is 22.5 Å². The van der Waals surface area contributed by atoms with Gasteiger partial charge >= 0.3 is 0 Å². The van der Waals surface area contributed by atoms with Crippen molar-refractivity contribution in [2.45, 2.75) is 76.7 Å². The highest BCUT2D eigenvalue weighted by Crippen LogP contribution is 2.27. The molecule has 0 aliphatic rings. The Bertz CT molecular complexity index is 912. The minimum absolute atomic E-state index is 0.117. The lowest BCUT2D eigenvalue weighted by molar-refractivity contribution is 0.00411. The van der Waals surface area contributed by atoms with E-state index in [1.165, 1.54) is 38.5 Å². The zero-order chi connectivity index (χ0) is 24.0. The highest BCUT2D eigenvalue weighted by Gasteiger charge is 2.40. The Kier molecular flexibility index (Phi) is 11.8. The molecule has 0 radical (unpaired) electrons. The van der Waals surface area contributed by atoms with Crippen LogP contribution in [0, 0.1) is 0 Å². The predicted molar refractivity (Wildman–Crippen MR) is 133 cm³/mol. The summed E-state index contributed by atoms with van der Waals surface area (Å²) >= 11 is 0. The maximum atomic E-state index is 13.1. The molecule has 0 saturated carbocycles. The molecule has 1 atom stereocenters. The third-order valence-electron chi connectivity index (χ3n) is 5.86. The largest absolute Gasteiger partial charge is 0.375 e. The summed E-state index contributed by atoms with van der Waals surface area (Å²) in [5.74, 6) is -0.711. The third-order valence-corrected chi connectivity index (χ3v) is 7.12. The van der Waals surface area contributed by atoms with Gasteiger partial charge in [-0.25, -0.2) is 0 Å². The molecule has 0 unspecified atom stereocenters. The van der Waals surface area contributed by atoms with Crippen LogP contribution < -0.4 is 0 Å². The van der Waals surface area contributed by atoms with Crippen LogP contribution in [0.1, 0.15) is 87.1 Å². The molecule has 0 spiro atoms. The second-order valence-electron chi connectivity index (χ2n) is 8.63. The molecular formula is C27H38O5S. The fourth-order valence-corrected chi connectivity index (χ4v) is 4.85. The molecule has 0 amide bonds. The highest BCUT2D eigenvalue weighted by molar-refractivity contribution is 7.86. The summed E-state index contributed by atoms with van der Waals surface area (Å²) in [6, 6.07) is 16.7. The van der Waals surface area contributed by atoms with Crippen LogP contribution in [0.3, 0.4) is 0 Å². The van der Waals surface area contributed by atoms with E-state index < -0.39 is 28.1 Å². The molecule has 0 heterocycles. The van der Waals surface area contributed by atoms with Gasteiger partial charge in [-0.2, -0.15) is 8.42 Å². The van der Waals surface area contributed by atoms with E-state index in [0.717, 1.165) is 19.3 Å². The van der Waals surface area contributed by atoms with Crippen molar-refractivity contribution in [1.29, 1.82) is 0 Å². The van der Waals surface area contributed by atoms with E-state index in [9.17, 15) is 18.3 Å². The molecule has 0 bridgehead atoms. The van der Waals surface area contributed by atoms with Gasteiger partial charge in [-0.05, 0) is 12.0 Å². The van der Waals surface area contributed by atoms with E-state index in [4.69, 9.17) is 4.18 Å². The first kappa shape index (κ1) is 27.2. The molecule has 1 N–H and O–H groups in total. The van der Waals surface area contributed by atoms with E-state index >= 15 is 0 Å². The summed E-state index contributed by atoms with van der Waals surface area (Å²) in [4.78, 5) is 13.1. The second-order valence-corrected chi connectivity index (χ2v) is 10.4. The Balaban J connectivity index is 1.86. The maximum absolute atomic E-state index is 13.1. The first-order chi connectivity index (χ1) is 15.9. The molecule has 0 saturated heterocycles. The van der Waals surface area contributed by atoms with E-state index in [2.05, 4.69) is 6.92 Å². The van der Waals surface area contributed by atoms with Gasteiger partial charge in [-0.1, -0.05) is 125 Å². The standard InChI is InChI=1S/C27H38O5S/c1-2-3-4-5-6-7-8-9-10-17-22-33(30,31)32-23-27(29,25-20-15-12-16-21-25)26(28)24-18-13-11-14-19-24/h11-16,18-21,29H,2-10,17,22-23H2,1H3/t27-/m0/s1. The maximum Gasteiger partial charge on any atom is 0.267 e. The average molecular weight is 475 g/mol. The number of Topliss-reactive ketones (excluding diaryl/α,β-unsaturated/α-hetero) is 1. The second kappa shape index (κ2) is 14.3. The minimum atomic E-state index is -3.86. The number of hydrogen-bond donors (Lipinski definition) is 1. The minimum Gasteiger partial charge on any atom is -0.375 e. The molecule has 2 aromatic rings. The number of hydrogen-bond acceptors (Lipinski definition) is 5. The number of rotatable bonds is 17. The lowest BCUT2D eigenvalue weighted by atomic mass is 9.86. The molecule has 33 heavy (non-hydrogen) atoms. The molecule has 5 nitrogen and oxygen atoms in total. The van der Waals surface area contributed by atoms with Gasteiger partial charge in [0.15, 0.2) is 5.60 Å². The summed E-state index contributed by atoms with van der Waals surface area (Å²) in [5.41, 5.74) is -1.50. The van der Waals surface area contributed by atoms with Crippen molar-refractivity contribution >= 4 is 15.9 Å². The van der Waals surface area contributed by atoms with Crippen molar-refractivity contribution in [1.82, 2.24) is 0 Å². The van der Waals surface area contributed by atoms with Gasteiger partial charge in [-0.15, -0.1) is 0 Å². The Morgan fingerprint density at radius 1 is 0.788 bits per heavy atom. The molecule has 0 fully saturated rings. The van der Waals surface area contributed by atoms with Crippen molar-refractivity contribution in [3.8, 4) is 0 Å². The first-order valence-corrected chi connectivity index (χ1v) is 13.7. The quantitative estimate of drug-likeness (QED) is 0.172. The molecule has 0 aromatic heterocycles. The lowest BCUT2D eigenvalue weighted by Crippen LogP contribution is -2.41. The fraction of sp³-hybridized carbons (Fsp3) is 0.519. The van der Waals surface area contributed by atoms with E-state index in [1.54, 1.807) is 60.7 Å². The number of ketones is 1. The molecule has 0 aliphatic heterocycles. The molecule has 6 heteroatoms.